The van der Waals surface area contributed by atoms with Crippen LogP contribution in [-0.4, -0.2) is 37.4 Å². The zero-order valence-electron chi connectivity index (χ0n) is 12.6. The van der Waals surface area contributed by atoms with Crippen LogP contribution in [0.5, 0.6) is 0 Å². The van der Waals surface area contributed by atoms with Crippen LogP contribution in [0, 0.1) is 6.92 Å². The third-order valence-electron chi connectivity index (χ3n) is 3.43. The summed E-state index contributed by atoms with van der Waals surface area (Å²) >= 11 is 3.42. The van der Waals surface area contributed by atoms with E-state index in [0.717, 1.165) is 22.4 Å². The van der Waals surface area contributed by atoms with Crippen molar-refractivity contribution in [2.45, 2.75) is 39.9 Å². The smallest absolute Gasteiger partial charge is 0.224 e. The Morgan fingerprint density at radius 1 is 1.48 bits per heavy atom. The summed E-state index contributed by atoms with van der Waals surface area (Å²) in [4.78, 5) is 13.9. The largest absolute Gasteiger partial charge is 0.340 e. The second-order valence-electron chi connectivity index (χ2n) is 4.96. The molecule has 2 rings (SSSR count). The van der Waals surface area contributed by atoms with Gasteiger partial charge in [-0.1, -0.05) is 0 Å². The second-order valence-corrected chi connectivity index (χ2v) is 5.82. The minimum Gasteiger partial charge on any atom is -0.340 e. The SMILES string of the molecule is CCn1ccc(CN(C)C(=O)CCn2ncc(Br)c2C)n1. The first-order valence-electron chi connectivity index (χ1n) is 6.95. The first kappa shape index (κ1) is 15.8. The monoisotopic (exact) mass is 353 g/mol. The number of hydrogen-bond acceptors (Lipinski definition) is 3. The summed E-state index contributed by atoms with van der Waals surface area (Å²) in [5.41, 5.74) is 1.94. The van der Waals surface area contributed by atoms with Gasteiger partial charge in [-0.05, 0) is 35.8 Å². The van der Waals surface area contributed by atoms with Crippen molar-refractivity contribution in [1.29, 1.82) is 0 Å². The lowest BCUT2D eigenvalue weighted by Gasteiger charge is -2.16. The van der Waals surface area contributed by atoms with Crippen molar-refractivity contribution in [3.05, 3.63) is 34.3 Å². The lowest BCUT2D eigenvalue weighted by Crippen LogP contribution is -2.27. The van der Waals surface area contributed by atoms with Crippen LogP contribution in [0.2, 0.25) is 0 Å². The van der Waals surface area contributed by atoms with E-state index in [1.165, 1.54) is 0 Å². The van der Waals surface area contributed by atoms with E-state index in [4.69, 9.17) is 0 Å². The number of rotatable bonds is 6. The van der Waals surface area contributed by atoms with Crippen LogP contribution in [0.3, 0.4) is 0 Å². The van der Waals surface area contributed by atoms with Gasteiger partial charge in [0.05, 0.1) is 22.9 Å². The van der Waals surface area contributed by atoms with Crippen LogP contribution in [0.1, 0.15) is 24.7 Å². The van der Waals surface area contributed by atoms with Crippen molar-refractivity contribution in [1.82, 2.24) is 24.5 Å². The number of nitrogens with zero attached hydrogens (tertiary/aromatic N) is 5. The molecule has 0 aliphatic carbocycles. The number of aryl methyl sites for hydroxylation is 2. The quantitative estimate of drug-likeness (QED) is 0.799. The summed E-state index contributed by atoms with van der Waals surface area (Å²) in [5.74, 6) is 0.0899. The lowest BCUT2D eigenvalue weighted by atomic mass is 10.3. The zero-order chi connectivity index (χ0) is 15.4. The van der Waals surface area contributed by atoms with Gasteiger partial charge in [-0.25, -0.2) is 0 Å². The van der Waals surface area contributed by atoms with Crippen LogP contribution in [0.15, 0.2) is 22.9 Å². The van der Waals surface area contributed by atoms with Gasteiger partial charge in [-0.2, -0.15) is 10.2 Å². The summed E-state index contributed by atoms with van der Waals surface area (Å²) < 4.78 is 4.66. The highest BCUT2D eigenvalue weighted by molar-refractivity contribution is 9.10. The second kappa shape index (κ2) is 6.89. The summed E-state index contributed by atoms with van der Waals surface area (Å²) in [6.45, 7) is 5.97. The molecule has 2 aromatic rings. The fraction of sp³-hybridized carbons (Fsp3) is 0.500. The number of amides is 1. The number of carbonyl (C=O) groups is 1. The molecule has 21 heavy (non-hydrogen) atoms. The fourth-order valence-electron chi connectivity index (χ4n) is 2.04. The Balaban J connectivity index is 1.86. The van der Waals surface area contributed by atoms with Crippen molar-refractivity contribution >= 4 is 21.8 Å². The molecule has 7 heteroatoms. The predicted octanol–water partition coefficient (Wildman–Crippen LogP) is 2.22. The summed E-state index contributed by atoms with van der Waals surface area (Å²) in [5, 5.41) is 8.61. The number of hydrogen-bond donors (Lipinski definition) is 0. The molecule has 0 bridgehead atoms. The summed E-state index contributed by atoms with van der Waals surface area (Å²) in [6, 6.07) is 1.95. The first-order valence-corrected chi connectivity index (χ1v) is 7.74. The molecule has 0 unspecified atom stereocenters. The molecule has 0 fully saturated rings. The molecule has 2 aromatic heterocycles. The highest BCUT2D eigenvalue weighted by Crippen LogP contribution is 2.14. The van der Waals surface area contributed by atoms with E-state index in [-0.39, 0.29) is 5.91 Å². The van der Waals surface area contributed by atoms with Gasteiger partial charge in [0.15, 0.2) is 0 Å². The number of carbonyl (C=O) groups excluding carboxylic acids is 1. The van der Waals surface area contributed by atoms with Gasteiger partial charge < -0.3 is 4.90 Å². The van der Waals surface area contributed by atoms with Crippen molar-refractivity contribution in [3.8, 4) is 0 Å². The van der Waals surface area contributed by atoms with Gasteiger partial charge in [-0.15, -0.1) is 0 Å². The normalized spacial score (nSPS) is 10.9. The van der Waals surface area contributed by atoms with Crippen LogP contribution in [-0.2, 0) is 24.4 Å². The molecule has 0 saturated carbocycles. The summed E-state index contributed by atoms with van der Waals surface area (Å²) in [7, 11) is 1.80. The van der Waals surface area contributed by atoms with Crippen molar-refractivity contribution in [3.63, 3.8) is 0 Å². The van der Waals surface area contributed by atoms with Crippen molar-refractivity contribution < 1.29 is 4.79 Å². The average Bonchev–Trinajstić information content (AvgIpc) is 3.05. The molecule has 6 nitrogen and oxygen atoms in total. The fourth-order valence-corrected chi connectivity index (χ4v) is 2.33. The topological polar surface area (TPSA) is 56.0 Å². The molecule has 0 atom stereocenters. The van der Waals surface area contributed by atoms with Gasteiger partial charge in [0.2, 0.25) is 5.91 Å². The molecule has 0 aliphatic heterocycles. The van der Waals surface area contributed by atoms with Gasteiger partial charge in [0.1, 0.15) is 0 Å². The number of aromatic nitrogens is 4. The van der Waals surface area contributed by atoms with E-state index in [1.807, 2.05) is 35.5 Å². The lowest BCUT2D eigenvalue weighted by molar-refractivity contribution is -0.130. The molecule has 2 heterocycles. The maximum atomic E-state index is 12.2. The highest BCUT2D eigenvalue weighted by Gasteiger charge is 2.12. The Bertz CT molecular complexity index is 619. The molecule has 0 aromatic carbocycles. The minimum absolute atomic E-state index is 0.0899. The maximum Gasteiger partial charge on any atom is 0.224 e. The average molecular weight is 354 g/mol. The van der Waals surface area contributed by atoms with Crippen LogP contribution in [0.25, 0.3) is 0 Å². The summed E-state index contributed by atoms with van der Waals surface area (Å²) in [6.07, 6.45) is 4.11. The molecule has 0 spiro atoms. The first-order chi connectivity index (χ1) is 10.0. The van der Waals surface area contributed by atoms with Gasteiger partial charge in [-0.3, -0.25) is 14.2 Å². The zero-order valence-corrected chi connectivity index (χ0v) is 14.2. The van der Waals surface area contributed by atoms with E-state index in [0.29, 0.717) is 19.5 Å². The molecule has 0 aliphatic rings. The Morgan fingerprint density at radius 3 is 2.81 bits per heavy atom. The van der Waals surface area contributed by atoms with E-state index in [1.54, 1.807) is 18.1 Å². The van der Waals surface area contributed by atoms with Crippen molar-refractivity contribution in [2.24, 2.45) is 0 Å². The Kier molecular flexibility index (Phi) is 5.17. The standard InChI is InChI=1S/C14H20BrN5O/c1-4-19-7-5-12(17-19)10-18(3)14(21)6-8-20-11(2)13(15)9-16-20/h5,7,9H,4,6,8,10H2,1-3H3. The predicted molar refractivity (Wildman–Crippen MR) is 83.7 cm³/mol. The van der Waals surface area contributed by atoms with Crippen LogP contribution in [0.4, 0.5) is 0 Å². The molecular weight excluding hydrogens is 334 g/mol. The molecule has 0 saturated heterocycles. The van der Waals surface area contributed by atoms with E-state index >= 15 is 0 Å². The molecule has 0 N–H and O–H groups in total. The third-order valence-corrected chi connectivity index (χ3v) is 4.20. The van der Waals surface area contributed by atoms with E-state index in [9.17, 15) is 4.79 Å². The van der Waals surface area contributed by atoms with Crippen LogP contribution < -0.4 is 0 Å². The minimum atomic E-state index is 0.0899. The maximum absolute atomic E-state index is 12.2. The van der Waals surface area contributed by atoms with Gasteiger partial charge >= 0.3 is 0 Å². The Hall–Kier alpha value is -1.63. The number of halogens is 1. The Labute approximate surface area is 132 Å². The van der Waals surface area contributed by atoms with E-state index < -0.39 is 0 Å². The third kappa shape index (κ3) is 3.93. The van der Waals surface area contributed by atoms with Gasteiger partial charge in [0.25, 0.3) is 0 Å². The molecule has 0 radical (unpaired) electrons. The molecular formula is C14H20BrN5O. The molecule has 1 amide bonds. The Morgan fingerprint density at radius 2 is 2.24 bits per heavy atom. The van der Waals surface area contributed by atoms with Crippen LogP contribution >= 0.6 is 15.9 Å². The van der Waals surface area contributed by atoms with Crippen molar-refractivity contribution in [2.75, 3.05) is 7.05 Å². The van der Waals surface area contributed by atoms with E-state index in [2.05, 4.69) is 26.1 Å². The van der Waals surface area contributed by atoms with Gasteiger partial charge in [0, 0.05) is 38.4 Å². The highest BCUT2D eigenvalue weighted by atomic mass is 79.9. The molecule has 114 valence electrons.